The van der Waals surface area contributed by atoms with Gasteiger partial charge in [-0.05, 0) is 24.3 Å². The van der Waals surface area contributed by atoms with Crippen LogP contribution in [0, 0.1) is 0 Å². The molecule has 0 saturated carbocycles. The molecule has 1 aromatic rings. The van der Waals surface area contributed by atoms with Crippen LogP contribution in [-0.2, 0) is 0 Å². The fourth-order valence-electron chi connectivity index (χ4n) is 1.61. The standard InChI is InChI=1S/C13H7F13O2/c14-8(15,5-28-7-3-1-6(27)2-4-7)9(16,17)10(18,19)11(20,21)12(22,23)13(24,25)26/h1-4,27H,5H2. The van der Waals surface area contributed by atoms with Crippen LogP contribution in [0.5, 0.6) is 11.5 Å². The van der Waals surface area contributed by atoms with E-state index in [2.05, 4.69) is 4.74 Å². The lowest BCUT2D eigenvalue weighted by molar-refractivity contribution is -0.440. The SMILES string of the molecule is Oc1ccc(OCC(F)(F)C(F)(F)C(F)(F)C(F)(F)C(F)(F)C(F)(F)F)cc1. The summed E-state index contributed by atoms with van der Waals surface area (Å²) in [6, 6.07) is 2.79. The van der Waals surface area contributed by atoms with Crippen molar-refractivity contribution in [2.75, 3.05) is 6.61 Å². The zero-order valence-corrected chi connectivity index (χ0v) is 12.8. The molecular formula is C13H7F13O2. The Morgan fingerprint density at radius 2 is 1.00 bits per heavy atom. The maximum Gasteiger partial charge on any atom is 0.460 e. The highest BCUT2D eigenvalue weighted by atomic mass is 19.4. The molecule has 0 spiro atoms. The number of ether oxygens (including phenoxy) is 1. The summed E-state index contributed by atoms with van der Waals surface area (Å²) in [5.74, 6) is -38.5. The fourth-order valence-corrected chi connectivity index (χ4v) is 1.61. The van der Waals surface area contributed by atoms with Crippen LogP contribution >= 0.6 is 0 Å². The number of benzene rings is 1. The number of hydrogen-bond donors (Lipinski definition) is 1. The molecule has 28 heavy (non-hydrogen) atoms. The smallest absolute Gasteiger partial charge is 0.460 e. The van der Waals surface area contributed by atoms with Crippen molar-refractivity contribution in [2.45, 2.75) is 35.8 Å². The van der Waals surface area contributed by atoms with Gasteiger partial charge in [-0.25, -0.2) is 0 Å². The van der Waals surface area contributed by atoms with Gasteiger partial charge in [0.15, 0.2) is 6.61 Å². The molecule has 0 atom stereocenters. The van der Waals surface area contributed by atoms with Crippen LogP contribution in [0.3, 0.4) is 0 Å². The summed E-state index contributed by atoms with van der Waals surface area (Å²) in [7, 11) is 0. The summed E-state index contributed by atoms with van der Waals surface area (Å²) in [5.41, 5.74) is 0. The molecule has 0 aliphatic heterocycles. The Morgan fingerprint density at radius 1 is 0.607 bits per heavy atom. The van der Waals surface area contributed by atoms with E-state index < -0.39 is 53.9 Å². The van der Waals surface area contributed by atoms with Gasteiger partial charge in [0.2, 0.25) is 0 Å². The van der Waals surface area contributed by atoms with Crippen molar-refractivity contribution in [3.8, 4) is 11.5 Å². The first-order valence-electron chi connectivity index (χ1n) is 6.60. The third kappa shape index (κ3) is 3.62. The Hall–Kier alpha value is -2.09. The summed E-state index contributed by atoms with van der Waals surface area (Å²) < 4.78 is 171. The molecule has 0 unspecified atom stereocenters. The van der Waals surface area contributed by atoms with Gasteiger partial charge in [-0.15, -0.1) is 0 Å². The normalized spacial score (nSPS) is 14.9. The van der Waals surface area contributed by atoms with E-state index in [0.29, 0.717) is 12.1 Å². The molecule has 0 heterocycles. The van der Waals surface area contributed by atoms with E-state index in [1.165, 1.54) is 0 Å². The summed E-state index contributed by atoms with van der Waals surface area (Å²) >= 11 is 0. The number of alkyl halides is 13. The second kappa shape index (κ2) is 6.76. The topological polar surface area (TPSA) is 29.5 Å². The van der Waals surface area contributed by atoms with Crippen molar-refractivity contribution >= 4 is 0 Å². The Morgan fingerprint density at radius 3 is 1.39 bits per heavy atom. The third-order valence-electron chi connectivity index (χ3n) is 3.26. The average Bonchev–Trinajstić information content (AvgIpc) is 2.52. The molecule has 0 fully saturated rings. The number of phenolic OH excluding ortho intramolecular Hbond substituents is 1. The van der Waals surface area contributed by atoms with Crippen molar-refractivity contribution in [2.24, 2.45) is 0 Å². The first-order chi connectivity index (χ1) is 12.2. The van der Waals surface area contributed by atoms with Crippen molar-refractivity contribution in [1.29, 1.82) is 0 Å². The second-order valence-corrected chi connectivity index (χ2v) is 5.28. The minimum Gasteiger partial charge on any atom is -0.508 e. The quantitative estimate of drug-likeness (QED) is 0.565. The average molecular weight is 442 g/mol. The van der Waals surface area contributed by atoms with E-state index in [1.807, 2.05) is 0 Å². The van der Waals surface area contributed by atoms with Crippen LogP contribution in [0.25, 0.3) is 0 Å². The summed E-state index contributed by atoms with van der Waals surface area (Å²) in [6.45, 7) is -2.80. The minimum absolute atomic E-state index is 0.481. The molecular weight excluding hydrogens is 435 g/mol. The zero-order chi connectivity index (χ0) is 22.4. The van der Waals surface area contributed by atoms with Gasteiger partial charge >= 0.3 is 35.8 Å². The predicted molar refractivity (Wildman–Crippen MR) is 64.4 cm³/mol. The maximum atomic E-state index is 13.4. The van der Waals surface area contributed by atoms with Crippen molar-refractivity contribution < 1.29 is 66.9 Å². The van der Waals surface area contributed by atoms with Gasteiger partial charge < -0.3 is 9.84 Å². The van der Waals surface area contributed by atoms with Crippen LogP contribution in [0.2, 0.25) is 0 Å². The number of halogens is 13. The Bertz CT molecular complexity index is 679. The highest BCUT2D eigenvalue weighted by molar-refractivity contribution is 5.30. The van der Waals surface area contributed by atoms with Gasteiger partial charge in [0, 0.05) is 0 Å². The molecule has 0 aliphatic rings. The highest BCUT2D eigenvalue weighted by Gasteiger charge is 2.90. The van der Waals surface area contributed by atoms with Crippen LogP contribution < -0.4 is 4.74 Å². The molecule has 2 nitrogen and oxygen atoms in total. The van der Waals surface area contributed by atoms with Crippen molar-refractivity contribution in [1.82, 2.24) is 0 Å². The number of hydrogen-bond acceptors (Lipinski definition) is 2. The van der Waals surface area contributed by atoms with E-state index in [4.69, 9.17) is 5.11 Å². The molecule has 0 saturated heterocycles. The predicted octanol–water partition coefficient (Wildman–Crippen LogP) is 5.51. The lowest BCUT2D eigenvalue weighted by atomic mass is 9.94. The van der Waals surface area contributed by atoms with Gasteiger partial charge in [0.1, 0.15) is 11.5 Å². The molecule has 1 rings (SSSR count). The Balaban J connectivity index is 3.23. The van der Waals surface area contributed by atoms with Crippen LogP contribution in [-0.4, -0.2) is 47.5 Å². The molecule has 1 N–H and O–H groups in total. The lowest BCUT2D eigenvalue weighted by Crippen LogP contribution is -2.70. The van der Waals surface area contributed by atoms with Crippen LogP contribution in [0.15, 0.2) is 24.3 Å². The first kappa shape index (κ1) is 23.9. The first-order valence-corrected chi connectivity index (χ1v) is 6.60. The molecule has 15 heteroatoms. The van der Waals surface area contributed by atoms with Gasteiger partial charge in [-0.1, -0.05) is 0 Å². The largest absolute Gasteiger partial charge is 0.508 e. The van der Waals surface area contributed by atoms with Crippen molar-refractivity contribution in [3.63, 3.8) is 0 Å². The van der Waals surface area contributed by atoms with Crippen LogP contribution in [0.1, 0.15) is 0 Å². The molecule has 0 radical (unpaired) electrons. The molecule has 1 aromatic carbocycles. The third-order valence-corrected chi connectivity index (χ3v) is 3.26. The van der Waals surface area contributed by atoms with Crippen molar-refractivity contribution in [3.05, 3.63) is 24.3 Å². The summed E-state index contributed by atoms with van der Waals surface area (Å²) in [6.07, 6.45) is -7.45. The van der Waals surface area contributed by atoms with E-state index in [1.54, 1.807) is 0 Å². The summed E-state index contributed by atoms with van der Waals surface area (Å²) in [4.78, 5) is 0. The van der Waals surface area contributed by atoms with Crippen LogP contribution in [0.4, 0.5) is 57.1 Å². The van der Waals surface area contributed by atoms with Gasteiger partial charge in [0.25, 0.3) is 0 Å². The minimum atomic E-state index is -7.94. The molecule has 0 aromatic heterocycles. The summed E-state index contributed by atoms with van der Waals surface area (Å²) in [5, 5.41) is 8.88. The molecule has 0 aliphatic carbocycles. The maximum absolute atomic E-state index is 13.4. The molecule has 162 valence electrons. The Labute approximate surface area is 146 Å². The Kier molecular flexibility index (Phi) is 5.78. The zero-order valence-electron chi connectivity index (χ0n) is 12.8. The molecule has 0 bridgehead atoms. The lowest BCUT2D eigenvalue weighted by Gasteiger charge is -2.39. The van der Waals surface area contributed by atoms with E-state index in [0.717, 1.165) is 12.1 Å². The number of rotatable bonds is 7. The number of aromatic hydroxyl groups is 1. The number of phenols is 1. The van der Waals surface area contributed by atoms with Gasteiger partial charge in [-0.3, -0.25) is 0 Å². The van der Waals surface area contributed by atoms with E-state index >= 15 is 0 Å². The fraction of sp³-hybridized carbons (Fsp3) is 0.538. The van der Waals surface area contributed by atoms with Gasteiger partial charge in [-0.2, -0.15) is 57.1 Å². The van der Waals surface area contributed by atoms with E-state index in [-0.39, 0.29) is 0 Å². The second-order valence-electron chi connectivity index (χ2n) is 5.28. The molecule has 0 amide bonds. The van der Waals surface area contributed by atoms with Gasteiger partial charge in [0.05, 0.1) is 0 Å². The van der Waals surface area contributed by atoms with E-state index in [9.17, 15) is 57.1 Å². The monoisotopic (exact) mass is 442 g/mol. The highest BCUT2D eigenvalue weighted by Crippen LogP contribution is 2.60.